The van der Waals surface area contributed by atoms with Gasteiger partial charge in [-0.1, -0.05) is 17.3 Å². The molecule has 3 aromatic heterocycles. The number of ether oxygens (including phenoxy) is 1. The molecule has 0 radical (unpaired) electrons. The van der Waals surface area contributed by atoms with Gasteiger partial charge in [0.1, 0.15) is 24.9 Å². The summed E-state index contributed by atoms with van der Waals surface area (Å²) in [6, 6.07) is 16.0. The molecule has 0 N–H and O–H groups in total. The largest absolute Gasteiger partial charge is 0.361 e. The molecule has 0 saturated carbocycles. The Morgan fingerprint density at radius 3 is 2.70 bits per heavy atom. The topological polar surface area (TPSA) is 83.8 Å². The number of hydrogen-bond acceptors (Lipinski definition) is 6. The van der Waals surface area contributed by atoms with Crippen molar-refractivity contribution >= 4 is 11.0 Å². The number of para-hydroxylation sites is 2. The summed E-state index contributed by atoms with van der Waals surface area (Å²) in [5, 5.41) is 4.08. The standard InChI is InChI=1S/C22H20N6O2/c1-15(22-23-11-12-27(22)2)29-13-20-25-21(26-30-20)16-7-9-17(10-8-16)28-14-24-18-5-3-4-6-19(18)28/h3-12,14-15H,13H2,1-2H3. The highest BCUT2D eigenvalue weighted by atomic mass is 16.5. The summed E-state index contributed by atoms with van der Waals surface area (Å²) in [6.07, 6.45) is 5.28. The Balaban J connectivity index is 1.30. The third-order valence-corrected chi connectivity index (χ3v) is 5.00. The zero-order valence-corrected chi connectivity index (χ0v) is 16.6. The molecule has 0 spiro atoms. The van der Waals surface area contributed by atoms with Crippen LogP contribution in [0.1, 0.15) is 24.7 Å². The minimum Gasteiger partial charge on any atom is -0.361 e. The van der Waals surface area contributed by atoms with Crippen LogP contribution in [-0.2, 0) is 18.4 Å². The average Bonchev–Trinajstić information content (AvgIpc) is 3.51. The van der Waals surface area contributed by atoms with Crippen molar-refractivity contribution in [2.45, 2.75) is 19.6 Å². The molecule has 0 saturated heterocycles. The first kappa shape index (κ1) is 18.3. The molecule has 3 heterocycles. The van der Waals surface area contributed by atoms with Crippen LogP contribution >= 0.6 is 0 Å². The molecule has 0 aliphatic carbocycles. The quantitative estimate of drug-likeness (QED) is 0.427. The third kappa shape index (κ3) is 3.37. The fourth-order valence-corrected chi connectivity index (χ4v) is 3.41. The van der Waals surface area contributed by atoms with Crippen molar-refractivity contribution in [3.8, 4) is 17.1 Å². The summed E-state index contributed by atoms with van der Waals surface area (Å²) in [7, 11) is 1.93. The van der Waals surface area contributed by atoms with Gasteiger partial charge in [0.2, 0.25) is 5.82 Å². The van der Waals surface area contributed by atoms with Gasteiger partial charge in [-0.15, -0.1) is 0 Å². The van der Waals surface area contributed by atoms with Gasteiger partial charge in [-0.2, -0.15) is 4.98 Å². The summed E-state index contributed by atoms with van der Waals surface area (Å²) in [6.45, 7) is 2.16. The van der Waals surface area contributed by atoms with Crippen molar-refractivity contribution in [3.63, 3.8) is 0 Å². The van der Waals surface area contributed by atoms with Crippen LogP contribution in [0.5, 0.6) is 0 Å². The van der Waals surface area contributed by atoms with E-state index in [0.29, 0.717) is 11.7 Å². The van der Waals surface area contributed by atoms with Gasteiger partial charge in [0.05, 0.1) is 11.0 Å². The van der Waals surface area contributed by atoms with Crippen LogP contribution < -0.4 is 0 Å². The molecule has 8 nitrogen and oxygen atoms in total. The van der Waals surface area contributed by atoms with E-state index < -0.39 is 0 Å². The van der Waals surface area contributed by atoms with Crippen LogP contribution in [0.25, 0.3) is 28.1 Å². The van der Waals surface area contributed by atoms with E-state index in [0.717, 1.165) is 28.1 Å². The van der Waals surface area contributed by atoms with E-state index in [4.69, 9.17) is 9.26 Å². The van der Waals surface area contributed by atoms with Crippen molar-refractivity contribution < 1.29 is 9.26 Å². The molecule has 0 bridgehead atoms. The van der Waals surface area contributed by atoms with Gasteiger partial charge in [-0.3, -0.25) is 4.57 Å². The Labute approximate surface area is 172 Å². The second kappa shape index (κ2) is 7.57. The van der Waals surface area contributed by atoms with Gasteiger partial charge in [0, 0.05) is 30.7 Å². The number of rotatable bonds is 6. The van der Waals surface area contributed by atoms with Gasteiger partial charge in [-0.25, -0.2) is 9.97 Å². The van der Waals surface area contributed by atoms with Crippen LogP contribution in [-0.4, -0.2) is 29.2 Å². The average molecular weight is 400 g/mol. The lowest BCUT2D eigenvalue weighted by atomic mass is 10.2. The SMILES string of the molecule is CC(OCc1nc(-c2ccc(-n3cnc4ccccc43)cc2)no1)c1nccn1C. The molecule has 30 heavy (non-hydrogen) atoms. The van der Waals surface area contributed by atoms with E-state index in [1.54, 1.807) is 6.20 Å². The van der Waals surface area contributed by atoms with Gasteiger partial charge in [0.15, 0.2) is 0 Å². The van der Waals surface area contributed by atoms with E-state index >= 15 is 0 Å². The number of aryl methyl sites for hydroxylation is 1. The lowest BCUT2D eigenvalue weighted by Gasteiger charge is -2.10. The van der Waals surface area contributed by atoms with Crippen molar-refractivity contribution in [2.75, 3.05) is 0 Å². The maximum Gasteiger partial charge on any atom is 0.252 e. The van der Waals surface area contributed by atoms with Crippen molar-refractivity contribution in [3.05, 3.63) is 79.0 Å². The van der Waals surface area contributed by atoms with E-state index in [1.165, 1.54) is 0 Å². The molecule has 0 aliphatic rings. The molecule has 5 aromatic rings. The first-order valence-electron chi connectivity index (χ1n) is 9.63. The molecule has 0 fully saturated rings. The number of hydrogen-bond donors (Lipinski definition) is 0. The molecule has 0 aliphatic heterocycles. The highest BCUT2D eigenvalue weighted by Gasteiger charge is 2.14. The van der Waals surface area contributed by atoms with E-state index in [9.17, 15) is 0 Å². The summed E-state index contributed by atoms with van der Waals surface area (Å²) in [5.41, 5.74) is 3.91. The number of benzene rings is 2. The molecular weight excluding hydrogens is 380 g/mol. The Kier molecular flexibility index (Phi) is 4.61. The van der Waals surface area contributed by atoms with E-state index in [2.05, 4.69) is 20.1 Å². The van der Waals surface area contributed by atoms with Crippen molar-refractivity contribution in [2.24, 2.45) is 7.05 Å². The van der Waals surface area contributed by atoms with E-state index in [-0.39, 0.29) is 12.7 Å². The van der Waals surface area contributed by atoms with Crippen LogP contribution in [0, 0.1) is 0 Å². The lowest BCUT2D eigenvalue weighted by Crippen LogP contribution is -2.06. The maximum absolute atomic E-state index is 5.82. The normalized spacial score (nSPS) is 12.5. The molecule has 2 aromatic carbocycles. The lowest BCUT2D eigenvalue weighted by molar-refractivity contribution is 0.0297. The Morgan fingerprint density at radius 1 is 1.07 bits per heavy atom. The highest BCUT2D eigenvalue weighted by molar-refractivity contribution is 5.77. The second-order valence-electron chi connectivity index (χ2n) is 7.01. The van der Waals surface area contributed by atoms with Crippen molar-refractivity contribution in [1.82, 2.24) is 29.2 Å². The van der Waals surface area contributed by atoms with Gasteiger partial charge in [0.25, 0.3) is 5.89 Å². The molecular formula is C22H20N6O2. The van der Waals surface area contributed by atoms with Gasteiger partial charge in [-0.05, 0) is 43.3 Å². The number of imidazole rings is 2. The summed E-state index contributed by atoms with van der Waals surface area (Å²) in [5.74, 6) is 1.80. The molecule has 5 rings (SSSR count). The third-order valence-electron chi connectivity index (χ3n) is 5.00. The first-order valence-corrected chi connectivity index (χ1v) is 9.63. The van der Waals surface area contributed by atoms with Gasteiger partial charge < -0.3 is 13.8 Å². The number of nitrogens with zero attached hydrogens (tertiary/aromatic N) is 6. The predicted molar refractivity (Wildman–Crippen MR) is 111 cm³/mol. The van der Waals surface area contributed by atoms with Crippen molar-refractivity contribution in [1.29, 1.82) is 0 Å². The number of fused-ring (bicyclic) bond motifs is 1. The van der Waals surface area contributed by atoms with Crippen LogP contribution in [0.4, 0.5) is 0 Å². The zero-order valence-electron chi connectivity index (χ0n) is 16.6. The fourth-order valence-electron chi connectivity index (χ4n) is 3.41. The molecule has 8 heteroatoms. The fraction of sp³-hybridized carbons (Fsp3) is 0.182. The second-order valence-corrected chi connectivity index (χ2v) is 7.01. The minimum atomic E-state index is -0.176. The minimum absolute atomic E-state index is 0.176. The highest BCUT2D eigenvalue weighted by Crippen LogP contribution is 2.22. The Hall–Kier alpha value is -3.78. The van der Waals surface area contributed by atoms with Gasteiger partial charge >= 0.3 is 0 Å². The molecule has 150 valence electrons. The predicted octanol–water partition coefficient (Wildman–Crippen LogP) is 4.09. The Bertz CT molecular complexity index is 1280. The summed E-state index contributed by atoms with van der Waals surface area (Å²) >= 11 is 0. The molecule has 1 unspecified atom stereocenters. The first-order chi connectivity index (χ1) is 14.7. The summed E-state index contributed by atoms with van der Waals surface area (Å²) in [4.78, 5) is 13.2. The summed E-state index contributed by atoms with van der Waals surface area (Å²) < 4.78 is 15.1. The number of aromatic nitrogens is 6. The van der Waals surface area contributed by atoms with Crippen LogP contribution in [0.3, 0.4) is 0 Å². The van der Waals surface area contributed by atoms with Crippen LogP contribution in [0.2, 0.25) is 0 Å². The smallest absolute Gasteiger partial charge is 0.252 e. The zero-order chi connectivity index (χ0) is 20.5. The van der Waals surface area contributed by atoms with E-state index in [1.807, 2.05) is 84.2 Å². The Morgan fingerprint density at radius 2 is 1.90 bits per heavy atom. The van der Waals surface area contributed by atoms with Crippen LogP contribution in [0.15, 0.2) is 71.8 Å². The molecule has 0 amide bonds. The monoisotopic (exact) mass is 400 g/mol. The molecule has 1 atom stereocenters. The maximum atomic E-state index is 5.82.